The number of rotatable bonds is 6. The van der Waals surface area contributed by atoms with Crippen LogP contribution in [0.15, 0.2) is 36.7 Å². The summed E-state index contributed by atoms with van der Waals surface area (Å²) >= 11 is 0. The molecule has 1 aliphatic rings. The molecule has 1 amide bonds. The summed E-state index contributed by atoms with van der Waals surface area (Å²) in [6.45, 7) is 2.84. The van der Waals surface area contributed by atoms with Crippen molar-refractivity contribution in [2.24, 2.45) is 5.92 Å². The highest BCUT2D eigenvalue weighted by molar-refractivity contribution is 5.81. The summed E-state index contributed by atoms with van der Waals surface area (Å²) in [5.41, 5.74) is 1.20. The molecule has 1 N–H and O–H groups in total. The van der Waals surface area contributed by atoms with Crippen molar-refractivity contribution in [1.82, 2.24) is 15.3 Å². The van der Waals surface area contributed by atoms with Crippen LogP contribution in [0.1, 0.15) is 24.0 Å². The first-order valence-electron chi connectivity index (χ1n) is 9.23. The van der Waals surface area contributed by atoms with Gasteiger partial charge in [0.05, 0.1) is 5.92 Å². The Morgan fingerprint density at radius 3 is 2.64 bits per heavy atom. The molecule has 0 radical (unpaired) electrons. The third-order valence-corrected chi connectivity index (χ3v) is 4.73. The van der Waals surface area contributed by atoms with E-state index in [1.54, 1.807) is 37.5 Å². The van der Waals surface area contributed by atoms with Crippen molar-refractivity contribution in [2.45, 2.75) is 26.3 Å². The minimum absolute atomic E-state index is 0.184. The second-order valence-electron chi connectivity index (χ2n) is 6.78. The Balaban J connectivity index is 1.38. The zero-order valence-corrected chi connectivity index (χ0v) is 15.7. The first-order chi connectivity index (χ1) is 13.5. The van der Waals surface area contributed by atoms with Crippen LogP contribution in [-0.4, -0.2) is 41.5 Å². The predicted octanol–water partition coefficient (Wildman–Crippen LogP) is 2.00. The second-order valence-corrected chi connectivity index (χ2v) is 6.78. The van der Waals surface area contributed by atoms with E-state index in [2.05, 4.69) is 15.3 Å². The number of hydrogen-bond acceptors (Lipinski definition) is 6. The number of anilines is 1. The van der Waals surface area contributed by atoms with Crippen LogP contribution in [0, 0.1) is 18.7 Å². The van der Waals surface area contributed by atoms with Gasteiger partial charge in [0.15, 0.2) is 6.61 Å². The van der Waals surface area contributed by atoms with Crippen LogP contribution in [0.3, 0.4) is 0 Å². The van der Waals surface area contributed by atoms with Crippen LogP contribution in [-0.2, 0) is 20.9 Å². The van der Waals surface area contributed by atoms with Gasteiger partial charge in [-0.05, 0) is 43.0 Å². The predicted molar refractivity (Wildman–Crippen MR) is 101 cm³/mol. The lowest BCUT2D eigenvalue weighted by Crippen LogP contribution is -2.38. The van der Waals surface area contributed by atoms with Crippen LogP contribution in [0.2, 0.25) is 0 Å². The van der Waals surface area contributed by atoms with E-state index in [0.717, 1.165) is 0 Å². The highest BCUT2D eigenvalue weighted by Crippen LogP contribution is 2.21. The van der Waals surface area contributed by atoms with Gasteiger partial charge in [0.25, 0.3) is 5.91 Å². The number of carbonyl (C=O) groups excluding carboxylic acids is 2. The number of nitrogens with zero attached hydrogens (tertiary/aromatic N) is 3. The Kier molecular flexibility index (Phi) is 6.52. The fraction of sp³-hybridized carbons (Fsp3) is 0.400. The van der Waals surface area contributed by atoms with Gasteiger partial charge in [0, 0.05) is 32.0 Å². The molecule has 1 aromatic heterocycles. The molecule has 8 heteroatoms. The van der Waals surface area contributed by atoms with E-state index in [1.165, 1.54) is 6.07 Å². The van der Waals surface area contributed by atoms with Crippen molar-refractivity contribution in [2.75, 3.05) is 24.6 Å². The fourth-order valence-electron chi connectivity index (χ4n) is 3.02. The molecule has 1 saturated heterocycles. The molecule has 1 aliphatic heterocycles. The van der Waals surface area contributed by atoms with Gasteiger partial charge < -0.3 is 15.0 Å². The maximum atomic E-state index is 13.5. The van der Waals surface area contributed by atoms with Crippen molar-refractivity contribution >= 4 is 17.8 Å². The van der Waals surface area contributed by atoms with Gasteiger partial charge >= 0.3 is 5.97 Å². The molecule has 0 spiro atoms. The molecule has 28 heavy (non-hydrogen) atoms. The molecule has 148 valence electrons. The van der Waals surface area contributed by atoms with Gasteiger partial charge in [-0.15, -0.1) is 0 Å². The molecule has 3 rings (SSSR count). The number of hydrogen-bond donors (Lipinski definition) is 1. The monoisotopic (exact) mass is 386 g/mol. The number of piperidine rings is 1. The minimum atomic E-state index is -0.413. The molecule has 1 fully saturated rings. The molecular formula is C20H23FN4O3. The van der Waals surface area contributed by atoms with E-state index < -0.39 is 5.91 Å². The van der Waals surface area contributed by atoms with Crippen LogP contribution in [0.5, 0.6) is 0 Å². The van der Waals surface area contributed by atoms with Crippen molar-refractivity contribution in [3.63, 3.8) is 0 Å². The Hall–Kier alpha value is -3.03. The van der Waals surface area contributed by atoms with E-state index in [4.69, 9.17) is 4.74 Å². The number of nitrogens with one attached hydrogen (secondary N) is 1. The zero-order chi connectivity index (χ0) is 19.9. The number of ether oxygens (including phenoxy) is 1. The van der Waals surface area contributed by atoms with Crippen LogP contribution >= 0.6 is 0 Å². The molecule has 0 unspecified atom stereocenters. The van der Waals surface area contributed by atoms with E-state index in [1.807, 2.05) is 4.90 Å². The lowest BCUT2D eigenvalue weighted by molar-refractivity contribution is -0.153. The number of amides is 1. The summed E-state index contributed by atoms with van der Waals surface area (Å²) in [6, 6.07) is 6.54. The largest absolute Gasteiger partial charge is 0.455 e. The number of carbonyl (C=O) groups is 2. The van der Waals surface area contributed by atoms with E-state index in [9.17, 15) is 14.0 Å². The average molecular weight is 386 g/mol. The van der Waals surface area contributed by atoms with Crippen molar-refractivity contribution in [1.29, 1.82) is 0 Å². The summed E-state index contributed by atoms with van der Waals surface area (Å²) in [4.78, 5) is 34.5. The van der Waals surface area contributed by atoms with E-state index in [0.29, 0.717) is 43.0 Å². The highest BCUT2D eigenvalue weighted by Gasteiger charge is 2.27. The van der Waals surface area contributed by atoms with Gasteiger partial charge in [-0.1, -0.05) is 12.1 Å². The average Bonchev–Trinajstić information content (AvgIpc) is 2.73. The van der Waals surface area contributed by atoms with Gasteiger partial charge in [-0.25, -0.2) is 14.4 Å². The van der Waals surface area contributed by atoms with Gasteiger partial charge in [0.1, 0.15) is 5.82 Å². The fourth-order valence-corrected chi connectivity index (χ4v) is 3.02. The zero-order valence-electron chi connectivity index (χ0n) is 15.7. The van der Waals surface area contributed by atoms with Crippen molar-refractivity contribution in [3.05, 3.63) is 53.6 Å². The van der Waals surface area contributed by atoms with Crippen LogP contribution in [0.4, 0.5) is 10.3 Å². The first-order valence-corrected chi connectivity index (χ1v) is 9.23. The Labute approximate surface area is 162 Å². The first kappa shape index (κ1) is 19.7. The molecule has 0 saturated carbocycles. The van der Waals surface area contributed by atoms with Crippen molar-refractivity contribution < 1.29 is 18.7 Å². The van der Waals surface area contributed by atoms with Gasteiger partial charge in [-0.2, -0.15) is 0 Å². The molecule has 0 bridgehead atoms. The topological polar surface area (TPSA) is 84.4 Å². The highest BCUT2D eigenvalue weighted by atomic mass is 19.1. The second kappa shape index (κ2) is 9.25. The number of benzene rings is 1. The number of esters is 1. The summed E-state index contributed by atoms with van der Waals surface area (Å²) in [7, 11) is 0. The molecule has 1 aromatic carbocycles. The summed E-state index contributed by atoms with van der Waals surface area (Å²) in [6.07, 6.45) is 4.63. The number of halogens is 1. The van der Waals surface area contributed by atoms with E-state index >= 15 is 0 Å². The molecule has 0 aliphatic carbocycles. The van der Waals surface area contributed by atoms with Crippen LogP contribution < -0.4 is 10.2 Å². The Morgan fingerprint density at radius 2 is 1.96 bits per heavy atom. The summed E-state index contributed by atoms with van der Waals surface area (Å²) in [5, 5.41) is 2.62. The quantitative estimate of drug-likeness (QED) is 0.765. The Morgan fingerprint density at radius 1 is 1.25 bits per heavy atom. The number of aromatic nitrogens is 2. The number of aryl methyl sites for hydroxylation is 1. The van der Waals surface area contributed by atoms with Gasteiger partial charge in [0.2, 0.25) is 5.95 Å². The normalized spacial score (nSPS) is 14.6. The van der Waals surface area contributed by atoms with Gasteiger partial charge in [-0.3, -0.25) is 9.59 Å². The summed E-state index contributed by atoms with van der Waals surface area (Å²) < 4.78 is 18.6. The molecule has 2 aromatic rings. The maximum absolute atomic E-state index is 13.5. The standard InChI is InChI=1S/C20H23FN4O3/c1-14-3-4-15(11-17(14)21)12-24-18(26)13-28-19(27)16-5-9-25(10-6-16)20-22-7-2-8-23-20/h2-4,7-8,11,16H,5-6,9-10,12-13H2,1H3,(H,24,26). The molecule has 0 atom stereocenters. The van der Waals surface area contributed by atoms with Crippen LogP contribution in [0.25, 0.3) is 0 Å². The summed E-state index contributed by atoms with van der Waals surface area (Å²) in [5.74, 6) is -0.680. The smallest absolute Gasteiger partial charge is 0.309 e. The van der Waals surface area contributed by atoms with Crippen molar-refractivity contribution in [3.8, 4) is 0 Å². The molecule has 2 heterocycles. The third-order valence-electron chi connectivity index (χ3n) is 4.73. The van der Waals surface area contributed by atoms with E-state index in [-0.39, 0.29) is 30.9 Å². The minimum Gasteiger partial charge on any atom is -0.455 e. The maximum Gasteiger partial charge on any atom is 0.309 e. The molecular weight excluding hydrogens is 363 g/mol. The Bertz CT molecular complexity index is 823. The lowest BCUT2D eigenvalue weighted by atomic mass is 9.97. The molecule has 7 nitrogen and oxygen atoms in total. The third kappa shape index (κ3) is 5.25. The SMILES string of the molecule is Cc1ccc(CNC(=O)COC(=O)C2CCN(c3ncccn3)CC2)cc1F. The lowest BCUT2D eigenvalue weighted by Gasteiger charge is -2.30.